The van der Waals surface area contributed by atoms with Crippen molar-refractivity contribution in [3.05, 3.63) is 29.8 Å². The van der Waals surface area contributed by atoms with E-state index in [0.29, 0.717) is 0 Å². The fraction of sp³-hybridized carbons (Fsp3) is 0.250. The molecule has 1 aromatic carbocycles. The summed E-state index contributed by atoms with van der Waals surface area (Å²) in [6, 6.07) is 5.42. The number of phenols is 1. The average molecular weight is 267 g/mol. The Morgan fingerprint density at radius 3 is 1.79 bits per heavy atom. The smallest absolute Gasteiger partial charge is 0.317 e. The summed E-state index contributed by atoms with van der Waals surface area (Å²) in [7, 11) is 0. The maximum atomic E-state index is 11.8. The van der Waals surface area contributed by atoms with E-state index in [9.17, 15) is 14.4 Å². The SMILES string of the molecule is O=C(O)CN(CC(=O)O)CC(=O)c1ccc(O)cc1. The molecule has 102 valence electrons. The molecule has 0 spiro atoms. The molecule has 0 aliphatic rings. The van der Waals surface area contributed by atoms with E-state index in [2.05, 4.69) is 0 Å². The zero-order valence-electron chi connectivity index (χ0n) is 9.94. The van der Waals surface area contributed by atoms with Gasteiger partial charge in [0.25, 0.3) is 0 Å². The van der Waals surface area contributed by atoms with Gasteiger partial charge in [0.15, 0.2) is 5.78 Å². The summed E-state index contributed by atoms with van der Waals surface area (Å²) in [6.45, 7) is -1.38. The van der Waals surface area contributed by atoms with Crippen molar-refractivity contribution in [2.45, 2.75) is 0 Å². The molecule has 3 N–H and O–H groups in total. The Morgan fingerprint density at radius 1 is 0.895 bits per heavy atom. The number of ketones is 1. The largest absolute Gasteiger partial charge is 0.508 e. The molecule has 0 aromatic heterocycles. The van der Waals surface area contributed by atoms with E-state index >= 15 is 0 Å². The van der Waals surface area contributed by atoms with Crippen LogP contribution in [0.4, 0.5) is 0 Å². The number of nitrogens with zero attached hydrogens (tertiary/aromatic N) is 1. The summed E-state index contributed by atoms with van der Waals surface area (Å²) in [5, 5.41) is 26.4. The van der Waals surface area contributed by atoms with E-state index in [1.807, 2.05) is 0 Å². The first kappa shape index (κ1) is 14.7. The molecule has 0 heterocycles. The van der Waals surface area contributed by atoms with Crippen molar-refractivity contribution >= 4 is 17.7 Å². The van der Waals surface area contributed by atoms with E-state index < -0.39 is 30.8 Å². The fourth-order valence-corrected chi connectivity index (χ4v) is 1.49. The lowest BCUT2D eigenvalue weighted by molar-refractivity contribution is -0.141. The standard InChI is InChI=1S/C12H13NO6/c14-9-3-1-8(2-4-9)10(15)5-13(6-11(16)17)7-12(18)19/h1-4,14H,5-7H2,(H,16,17)(H,18,19). The van der Waals surface area contributed by atoms with Crippen LogP contribution in [0.1, 0.15) is 10.4 Å². The number of benzene rings is 1. The quantitative estimate of drug-likeness (QED) is 0.597. The number of hydrogen-bond acceptors (Lipinski definition) is 5. The highest BCUT2D eigenvalue weighted by Gasteiger charge is 2.17. The topological polar surface area (TPSA) is 115 Å². The number of carboxylic acids is 2. The number of carbonyl (C=O) groups is 3. The summed E-state index contributed by atoms with van der Waals surface area (Å²) in [4.78, 5) is 34.0. The van der Waals surface area contributed by atoms with E-state index in [1.165, 1.54) is 24.3 Å². The van der Waals surface area contributed by atoms with Crippen molar-refractivity contribution in [2.24, 2.45) is 0 Å². The number of hydrogen-bond donors (Lipinski definition) is 3. The highest BCUT2D eigenvalue weighted by atomic mass is 16.4. The van der Waals surface area contributed by atoms with E-state index in [1.54, 1.807) is 0 Å². The van der Waals surface area contributed by atoms with E-state index in [4.69, 9.17) is 15.3 Å². The minimum absolute atomic E-state index is 0.00415. The van der Waals surface area contributed by atoms with Crippen LogP contribution in [0.5, 0.6) is 5.75 Å². The van der Waals surface area contributed by atoms with Crippen molar-refractivity contribution in [1.82, 2.24) is 4.90 Å². The molecule has 0 fully saturated rings. The molecule has 1 aromatic rings. The Balaban J connectivity index is 2.72. The number of rotatable bonds is 7. The molecule has 0 aliphatic carbocycles. The molecule has 0 saturated heterocycles. The van der Waals surface area contributed by atoms with Crippen LogP contribution < -0.4 is 0 Å². The Kier molecular flexibility index (Phi) is 5.01. The van der Waals surface area contributed by atoms with Crippen molar-refractivity contribution in [3.63, 3.8) is 0 Å². The molecule has 0 saturated carbocycles. The predicted molar refractivity (Wildman–Crippen MR) is 64.1 cm³/mol. The van der Waals surface area contributed by atoms with E-state index in [0.717, 1.165) is 4.90 Å². The van der Waals surface area contributed by atoms with Gasteiger partial charge in [-0.2, -0.15) is 0 Å². The Morgan fingerprint density at radius 2 is 1.37 bits per heavy atom. The Bertz CT molecular complexity index is 465. The first-order valence-corrected chi connectivity index (χ1v) is 5.36. The molecular formula is C12H13NO6. The van der Waals surface area contributed by atoms with Crippen LogP contribution in [0.2, 0.25) is 0 Å². The lowest BCUT2D eigenvalue weighted by atomic mass is 10.1. The number of aliphatic carboxylic acids is 2. The third-order valence-corrected chi connectivity index (χ3v) is 2.27. The van der Waals surface area contributed by atoms with Gasteiger partial charge in [-0.25, -0.2) is 0 Å². The van der Waals surface area contributed by atoms with Gasteiger partial charge in [-0.15, -0.1) is 0 Å². The molecule has 0 aliphatic heterocycles. The van der Waals surface area contributed by atoms with Crippen molar-refractivity contribution < 1.29 is 29.7 Å². The second-order valence-electron chi connectivity index (χ2n) is 3.90. The normalized spacial score (nSPS) is 10.4. The lowest BCUT2D eigenvalue weighted by Gasteiger charge is -2.16. The summed E-state index contributed by atoms with van der Waals surface area (Å²) >= 11 is 0. The van der Waals surface area contributed by atoms with Crippen LogP contribution >= 0.6 is 0 Å². The molecular weight excluding hydrogens is 254 g/mol. The Hall–Kier alpha value is -2.41. The van der Waals surface area contributed by atoms with Crippen LogP contribution in [-0.4, -0.2) is 57.6 Å². The number of carbonyl (C=O) groups excluding carboxylic acids is 1. The molecule has 7 nitrogen and oxygen atoms in total. The molecule has 0 radical (unpaired) electrons. The molecule has 0 unspecified atom stereocenters. The number of phenolic OH excluding ortho intramolecular Hbond substituents is 1. The Labute approximate surface area is 108 Å². The van der Waals surface area contributed by atoms with Crippen LogP contribution in [-0.2, 0) is 9.59 Å². The van der Waals surface area contributed by atoms with Gasteiger partial charge in [0.2, 0.25) is 0 Å². The molecule has 19 heavy (non-hydrogen) atoms. The summed E-state index contributed by atoms with van der Waals surface area (Å²) in [5.74, 6) is -2.83. The molecule has 1 rings (SSSR count). The summed E-state index contributed by atoms with van der Waals surface area (Å²) < 4.78 is 0. The predicted octanol–water partition coefficient (Wildman–Crippen LogP) is 0.0461. The highest BCUT2D eigenvalue weighted by molar-refractivity contribution is 5.98. The highest BCUT2D eigenvalue weighted by Crippen LogP contribution is 2.10. The number of carboxylic acid groups (broad SMARTS) is 2. The van der Waals surface area contributed by atoms with Crippen LogP contribution in [0, 0.1) is 0 Å². The van der Waals surface area contributed by atoms with Gasteiger partial charge < -0.3 is 15.3 Å². The van der Waals surface area contributed by atoms with Gasteiger partial charge in [-0.3, -0.25) is 19.3 Å². The van der Waals surface area contributed by atoms with Crippen LogP contribution in [0.25, 0.3) is 0 Å². The molecule has 7 heteroatoms. The minimum Gasteiger partial charge on any atom is -0.508 e. The van der Waals surface area contributed by atoms with Crippen LogP contribution in [0.3, 0.4) is 0 Å². The van der Waals surface area contributed by atoms with Crippen molar-refractivity contribution in [1.29, 1.82) is 0 Å². The molecule has 0 atom stereocenters. The number of Topliss-reactive ketones (excluding diaryl/α,β-unsaturated/α-hetero) is 1. The third-order valence-electron chi connectivity index (χ3n) is 2.27. The number of aromatic hydroxyl groups is 1. The first-order chi connectivity index (χ1) is 8.88. The second-order valence-corrected chi connectivity index (χ2v) is 3.90. The average Bonchev–Trinajstić information content (AvgIpc) is 2.27. The molecule has 0 bridgehead atoms. The first-order valence-electron chi connectivity index (χ1n) is 5.36. The van der Waals surface area contributed by atoms with Gasteiger partial charge in [0.1, 0.15) is 5.75 Å². The fourth-order valence-electron chi connectivity index (χ4n) is 1.49. The monoisotopic (exact) mass is 267 g/mol. The zero-order valence-corrected chi connectivity index (χ0v) is 9.94. The van der Waals surface area contributed by atoms with Crippen molar-refractivity contribution in [3.8, 4) is 5.75 Å². The van der Waals surface area contributed by atoms with Gasteiger partial charge in [-0.1, -0.05) is 0 Å². The minimum atomic E-state index is -1.21. The van der Waals surface area contributed by atoms with Gasteiger partial charge in [0, 0.05) is 5.56 Å². The lowest BCUT2D eigenvalue weighted by Crippen LogP contribution is -2.38. The maximum Gasteiger partial charge on any atom is 0.317 e. The van der Waals surface area contributed by atoms with Gasteiger partial charge >= 0.3 is 11.9 Å². The van der Waals surface area contributed by atoms with E-state index in [-0.39, 0.29) is 17.9 Å². The van der Waals surface area contributed by atoms with Crippen LogP contribution in [0.15, 0.2) is 24.3 Å². The maximum absolute atomic E-state index is 11.8. The molecule has 0 amide bonds. The third kappa shape index (κ3) is 5.17. The zero-order chi connectivity index (χ0) is 14.4. The van der Waals surface area contributed by atoms with Gasteiger partial charge in [-0.05, 0) is 24.3 Å². The van der Waals surface area contributed by atoms with Crippen molar-refractivity contribution in [2.75, 3.05) is 19.6 Å². The second kappa shape index (κ2) is 6.50. The summed E-state index contributed by atoms with van der Waals surface area (Å²) in [6.07, 6.45) is 0. The van der Waals surface area contributed by atoms with Gasteiger partial charge in [0.05, 0.1) is 19.6 Å². The summed E-state index contributed by atoms with van der Waals surface area (Å²) in [5.41, 5.74) is 0.276.